The molecule has 3 heterocycles. The number of fused-ring (bicyclic) bond motifs is 1. The summed E-state index contributed by atoms with van der Waals surface area (Å²) in [5.74, 6) is 1.34. The molecule has 0 amide bonds. The zero-order valence-electron chi connectivity index (χ0n) is 12.5. The maximum absolute atomic E-state index is 5.98. The fraction of sp³-hybridized carbons (Fsp3) is 0.357. The van der Waals surface area contributed by atoms with Crippen molar-refractivity contribution in [1.82, 2.24) is 35.2 Å². The fourth-order valence-corrected chi connectivity index (χ4v) is 2.29. The number of aromatic amines is 1. The van der Waals surface area contributed by atoms with Crippen molar-refractivity contribution in [3.05, 3.63) is 36.4 Å². The minimum atomic E-state index is -0.0383. The van der Waals surface area contributed by atoms with E-state index in [1.54, 1.807) is 18.7 Å². The molecule has 3 aromatic heterocycles. The van der Waals surface area contributed by atoms with Gasteiger partial charge in [-0.25, -0.2) is 24.9 Å². The Kier molecular flexibility index (Phi) is 3.92. The Morgan fingerprint density at radius 3 is 2.73 bits per heavy atom. The molecule has 0 bridgehead atoms. The monoisotopic (exact) mass is 298 g/mol. The van der Waals surface area contributed by atoms with E-state index in [1.807, 2.05) is 0 Å². The van der Waals surface area contributed by atoms with E-state index in [2.05, 4.69) is 49.1 Å². The Balaban J connectivity index is 1.86. The number of rotatable bonds is 5. The highest BCUT2D eigenvalue weighted by Crippen LogP contribution is 2.22. The summed E-state index contributed by atoms with van der Waals surface area (Å²) < 4.78 is 0. The SMILES string of the molecule is CC(C)C(NCc1cncnc1)c1nc(N)c2[nH]cnc2n1. The van der Waals surface area contributed by atoms with E-state index < -0.39 is 0 Å². The van der Waals surface area contributed by atoms with Gasteiger partial charge in [0, 0.05) is 24.5 Å². The Morgan fingerprint density at radius 1 is 1.23 bits per heavy atom. The van der Waals surface area contributed by atoms with Gasteiger partial charge in [0.2, 0.25) is 0 Å². The first-order chi connectivity index (χ1) is 10.6. The molecule has 0 spiro atoms. The van der Waals surface area contributed by atoms with Crippen LogP contribution in [0.5, 0.6) is 0 Å². The number of nitrogens with one attached hydrogen (secondary N) is 2. The average Bonchev–Trinajstić information content (AvgIpc) is 2.97. The summed E-state index contributed by atoms with van der Waals surface area (Å²) in [6.45, 7) is 4.84. The Morgan fingerprint density at radius 2 is 2.00 bits per heavy atom. The summed E-state index contributed by atoms with van der Waals surface area (Å²) in [4.78, 5) is 24.0. The largest absolute Gasteiger partial charge is 0.382 e. The third kappa shape index (κ3) is 2.86. The van der Waals surface area contributed by atoms with Crippen LogP contribution in [0.1, 0.15) is 31.3 Å². The van der Waals surface area contributed by atoms with Gasteiger partial charge in [-0.3, -0.25) is 0 Å². The van der Waals surface area contributed by atoms with Gasteiger partial charge in [0.1, 0.15) is 11.8 Å². The van der Waals surface area contributed by atoms with Crippen LogP contribution in [-0.2, 0) is 6.54 Å². The topological polar surface area (TPSA) is 118 Å². The standard InChI is InChI=1S/C14H18N8/c1-8(2)10(18-5-9-3-16-6-17-4-9)14-21-12(15)11-13(22-14)20-7-19-11/h3-4,6-8,10,18H,5H2,1-2H3,(H3,15,19,20,21,22). The fourth-order valence-electron chi connectivity index (χ4n) is 2.29. The number of hydrogen-bond acceptors (Lipinski definition) is 7. The third-order valence-corrected chi connectivity index (χ3v) is 3.42. The van der Waals surface area contributed by atoms with Gasteiger partial charge in [-0.2, -0.15) is 0 Å². The van der Waals surface area contributed by atoms with Crippen LogP contribution in [-0.4, -0.2) is 29.9 Å². The molecule has 1 unspecified atom stereocenters. The second kappa shape index (κ2) is 6.02. The van der Waals surface area contributed by atoms with Gasteiger partial charge < -0.3 is 16.0 Å². The molecule has 3 rings (SSSR count). The lowest BCUT2D eigenvalue weighted by atomic mass is 10.0. The van der Waals surface area contributed by atoms with Gasteiger partial charge in [0.05, 0.1) is 12.4 Å². The molecule has 0 fully saturated rings. The van der Waals surface area contributed by atoms with Crippen molar-refractivity contribution in [1.29, 1.82) is 0 Å². The van der Waals surface area contributed by atoms with Crippen molar-refractivity contribution < 1.29 is 0 Å². The van der Waals surface area contributed by atoms with Crippen molar-refractivity contribution >= 4 is 17.0 Å². The maximum Gasteiger partial charge on any atom is 0.183 e. The Labute approximate surface area is 127 Å². The molecule has 0 aliphatic rings. The average molecular weight is 298 g/mol. The van der Waals surface area contributed by atoms with Crippen molar-refractivity contribution in [2.45, 2.75) is 26.4 Å². The van der Waals surface area contributed by atoms with Crippen LogP contribution < -0.4 is 11.1 Å². The molecule has 22 heavy (non-hydrogen) atoms. The van der Waals surface area contributed by atoms with Gasteiger partial charge in [-0.1, -0.05) is 13.8 Å². The van der Waals surface area contributed by atoms with E-state index in [1.165, 1.54) is 6.33 Å². The predicted molar refractivity (Wildman–Crippen MR) is 82.5 cm³/mol. The zero-order chi connectivity index (χ0) is 15.5. The number of nitrogens with zero attached hydrogens (tertiary/aromatic N) is 5. The lowest BCUT2D eigenvalue weighted by Crippen LogP contribution is -2.27. The number of H-pyrrole nitrogens is 1. The van der Waals surface area contributed by atoms with Gasteiger partial charge in [-0.15, -0.1) is 0 Å². The minimum Gasteiger partial charge on any atom is -0.382 e. The van der Waals surface area contributed by atoms with Crippen LogP contribution in [0.4, 0.5) is 5.82 Å². The van der Waals surface area contributed by atoms with Gasteiger partial charge in [0.15, 0.2) is 17.3 Å². The van der Waals surface area contributed by atoms with E-state index in [0.29, 0.717) is 35.3 Å². The highest BCUT2D eigenvalue weighted by Gasteiger charge is 2.20. The summed E-state index contributed by atoms with van der Waals surface area (Å²) in [5, 5.41) is 3.44. The number of nitrogen functional groups attached to an aromatic ring is 1. The molecule has 4 N–H and O–H groups in total. The van der Waals surface area contributed by atoms with E-state index in [4.69, 9.17) is 5.73 Å². The van der Waals surface area contributed by atoms with Crippen LogP contribution in [0.3, 0.4) is 0 Å². The summed E-state index contributed by atoms with van der Waals surface area (Å²) in [7, 11) is 0. The minimum absolute atomic E-state index is 0.0383. The molecule has 114 valence electrons. The van der Waals surface area contributed by atoms with Gasteiger partial charge in [0.25, 0.3) is 0 Å². The van der Waals surface area contributed by atoms with Crippen LogP contribution in [0.2, 0.25) is 0 Å². The molecule has 8 nitrogen and oxygen atoms in total. The molecule has 3 aromatic rings. The smallest absolute Gasteiger partial charge is 0.183 e. The number of nitrogens with two attached hydrogens (primary N) is 1. The third-order valence-electron chi connectivity index (χ3n) is 3.42. The lowest BCUT2D eigenvalue weighted by Gasteiger charge is -2.21. The first kappa shape index (κ1) is 14.3. The van der Waals surface area contributed by atoms with Crippen LogP contribution in [0.15, 0.2) is 25.0 Å². The maximum atomic E-state index is 5.98. The molecule has 1 atom stereocenters. The molecular formula is C14H18N8. The summed E-state index contributed by atoms with van der Waals surface area (Å²) in [5.41, 5.74) is 8.23. The highest BCUT2D eigenvalue weighted by molar-refractivity contribution is 5.80. The summed E-state index contributed by atoms with van der Waals surface area (Å²) >= 11 is 0. The highest BCUT2D eigenvalue weighted by atomic mass is 15.1. The normalized spacial score (nSPS) is 12.9. The molecule has 0 saturated carbocycles. The van der Waals surface area contributed by atoms with Crippen molar-refractivity contribution in [2.24, 2.45) is 5.92 Å². The van der Waals surface area contributed by atoms with Gasteiger partial charge >= 0.3 is 0 Å². The van der Waals surface area contributed by atoms with E-state index in [9.17, 15) is 0 Å². The number of hydrogen-bond donors (Lipinski definition) is 3. The summed E-state index contributed by atoms with van der Waals surface area (Å²) in [6, 6.07) is -0.0383. The molecule has 0 radical (unpaired) electrons. The first-order valence-electron chi connectivity index (χ1n) is 7.09. The molecule has 8 heteroatoms. The molecular weight excluding hydrogens is 280 g/mol. The van der Waals surface area contributed by atoms with Crippen molar-refractivity contribution in [3.63, 3.8) is 0 Å². The molecule has 0 aliphatic carbocycles. The van der Waals surface area contributed by atoms with Crippen LogP contribution >= 0.6 is 0 Å². The molecule has 0 aliphatic heterocycles. The zero-order valence-corrected chi connectivity index (χ0v) is 12.5. The quantitative estimate of drug-likeness (QED) is 0.647. The number of anilines is 1. The van der Waals surface area contributed by atoms with E-state index >= 15 is 0 Å². The Hall–Kier alpha value is -2.61. The van der Waals surface area contributed by atoms with E-state index in [0.717, 1.165) is 5.56 Å². The second-order valence-electron chi connectivity index (χ2n) is 5.42. The first-order valence-corrected chi connectivity index (χ1v) is 7.09. The van der Waals surface area contributed by atoms with Crippen molar-refractivity contribution in [3.8, 4) is 0 Å². The lowest BCUT2D eigenvalue weighted by molar-refractivity contribution is 0.393. The molecule has 0 aromatic carbocycles. The van der Waals surface area contributed by atoms with Crippen LogP contribution in [0.25, 0.3) is 11.2 Å². The van der Waals surface area contributed by atoms with E-state index in [-0.39, 0.29) is 6.04 Å². The summed E-state index contributed by atoms with van der Waals surface area (Å²) in [6.07, 6.45) is 6.64. The second-order valence-corrected chi connectivity index (χ2v) is 5.42. The predicted octanol–water partition coefficient (Wildman–Crippen LogP) is 1.21. The number of imidazole rings is 1. The number of aromatic nitrogens is 6. The van der Waals surface area contributed by atoms with Crippen LogP contribution in [0, 0.1) is 5.92 Å². The Bertz CT molecular complexity index is 752. The van der Waals surface area contributed by atoms with Gasteiger partial charge in [-0.05, 0) is 5.92 Å². The molecule has 0 saturated heterocycles. The van der Waals surface area contributed by atoms with Crippen molar-refractivity contribution in [2.75, 3.05) is 5.73 Å².